The summed E-state index contributed by atoms with van der Waals surface area (Å²) in [5, 5.41) is 18.8. The first-order chi connectivity index (χ1) is 17.5. The van der Waals surface area contributed by atoms with E-state index < -0.39 is 0 Å². The van der Waals surface area contributed by atoms with E-state index in [9.17, 15) is 0 Å². The number of methoxy groups -OCH3 is 1. The third-order valence-electron chi connectivity index (χ3n) is 7.30. The molecule has 3 aromatic rings. The number of nitrogens with zero attached hydrogens (tertiary/aromatic N) is 8. The molecule has 0 amide bonds. The first kappa shape index (κ1) is 24.2. The lowest BCUT2D eigenvalue weighted by Gasteiger charge is -2.44. The van der Waals surface area contributed by atoms with E-state index in [1.165, 1.54) is 45.2 Å². The van der Waals surface area contributed by atoms with Crippen LogP contribution in [-0.2, 0) is 0 Å². The van der Waals surface area contributed by atoms with E-state index in [1.807, 2.05) is 50.3 Å². The number of hydrogen-bond acceptors (Lipinski definition) is 10. The molecule has 0 radical (unpaired) electrons. The minimum Gasteiger partial charge on any atom is -0.494 e. The predicted molar refractivity (Wildman–Crippen MR) is 141 cm³/mol. The van der Waals surface area contributed by atoms with Crippen LogP contribution in [0.1, 0.15) is 37.9 Å². The Morgan fingerprint density at radius 3 is 2.78 bits per heavy atom. The molecule has 36 heavy (non-hydrogen) atoms. The van der Waals surface area contributed by atoms with Gasteiger partial charge in [0.2, 0.25) is 5.95 Å². The van der Waals surface area contributed by atoms with Gasteiger partial charge in [0.05, 0.1) is 19.0 Å². The Bertz CT molecular complexity index is 1180. The summed E-state index contributed by atoms with van der Waals surface area (Å²) < 4.78 is 7.17. The van der Waals surface area contributed by atoms with Crippen LogP contribution in [0.25, 0.3) is 5.69 Å². The van der Waals surface area contributed by atoms with Gasteiger partial charge in [-0.1, -0.05) is 6.42 Å². The maximum atomic E-state index is 5.52. The highest BCUT2D eigenvalue weighted by Gasteiger charge is 2.32. The molecule has 2 fully saturated rings. The van der Waals surface area contributed by atoms with Crippen molar-refractivity contribution in [1.29, 1.82) is 0 Å². The van der Waals surface area contributed by atoms with Crippen LogP contribution in [0.15, 0.2) is 24.4 Å². The van der Waals surface area contributed by atoms with Gasteiger partial charge in [0.1, 0.15) is 11.4 Å². The molecule has 4 heterocycles. The largest absolute Gasteiger partial charge is 0.494 e. The smallest absolute Gasteiger partial charge is 0.229 e. The quantitative estimate of drug-likeness (QED) is 0.486. The average Bonchev–Trinajstić information content (AvgIpc) is 3.33. The average molecular weight is 493 g/mol. The summed E-state index contributed by atoms with van der Waals surface area (Å²) in [6.07, 6.45) is 8.40. The van der Waals surface area contributed by atoms with Crippen molar-refractivity contribution < 1.29 is 4.74 Å². The van der Waals surface area contributed by atoms with Gasteiger partial charge in [-0.3, -0.25) is 0 Å². The van der Waals surface area contributed by atoms with Crippen LogP contribution in [0.5, 0.6) is 5.75 Å². The van der Waals surface area contributed by atoms with Crippen LogP contribution < -0.4 is 20.3 Å². The summed E-state index contributed by atoms with van der Waals surface area (Å²) in [6, 6.07) is 6.43. The van der Waals surface area contributed by atoms with Crippen molar-refractivity contribution >= 4 is 23.1 Å². The number of tetrazole rings is 1. The number of rotatable bonds is 8. The molecule has 2 aliphatic heterocycles. The monoisotopic (exact) mass is 492 g/mol. The highest BCUT2D eigenvalue weighted by molar-refractivity contribution is 5.68. The number of piperidine rings is 2. The second-order valence-corrected chi connectivity index (χ2v) is 9.85. The van der Waals surface area contributed by atoms with Crippen LogP contribution in [0, 0.1) is 12.8 Å². The molecule has 11 nitrogen and oxygen atoms in total. The predicted octanol–water partition coefficient (Wildman–Crippen LogP) is 3.26. The van der Waals surface area contributed by atoms with Gasteiger partial charge in [-0.05, 0) is 80.2 Å². The lowest BCUT2D eigenvalue weighted by Crippen LogP contribution is -2.49. The zero-order valence-corrected chi connectivity index (χ0v) is 21.6. The number of nitrogens with one attached hydrogen (secondary N) is 2. The van der Waals surface area contributed by atoms with E-state index in [-0.39, 0.29) is 0 Å². The Morgan fingerprint density at radius 1 is 1.14 bits per heavy atom. The minimum absolute atomic E-state index is 0.524. The van der Waals surface area contributed by atoms with Gasteiger partial charge < -0.3 is 25.2 Å². The fourth-order valence-electron chi connectivity index (χ4n) is 5.45. The van der Waals surface area contributed by atoms with Crippen molar-refractivity contribution in [2.24, 2.45) is 5.92 Å². The molecule has 2 aromatic heterocycles. The van der Waals surface area contributed by atoms with Crippen molar-refractivity contribution in [3.63, 3.8) is 0 Å². The molecule has 11 heteroatoms. The van der Waals surface area contributed by atoms with Gasteiger partial charge in [-0.2, -0.15) is 9.67 Å². The van der Waals surface area contributed by atoms with Gasteiger partial charge in [-0.15, -0.1) is 5.10 Å². The van der Waals surface area contributed by atoms with Gasteiger partial charge in [-0.25, -0.2) is 4.98 Å². The van der Waals surface area contributed by atoms with Crippen LogP contribution in [0.3, 0.4) is 0 Å². The molecular formula is C25H36N10O. The minimum atomic E-state index is 0.524. The number of fused-ring (bicyclic) bond motifs is 1. The van der Waals surface area contributed by atoms with Crippen molar-refractivity contribution in [2.75, 3.05) is 56.4 Å². The van der Waals surface area contributed by atoms with Crippen LogP contribution in [-0.4, -0.2) is 82.0 Å². The maximum absolute atomic E-state index is 5.52. The number of hydrogen-bond donors (Lipinski definition) is 2. The van der Waals surface area contributed by atoms with E-state index in [1.54, 1.807) is 11.8 Å². The summed E-state index contributed by atoms with van der Waals surface area (Å²) in [7, 11) is 5.67. The normalized spacial score (nSPS) is 20.0. The molecule has 192 valence electrons. The van der Waals surface area contributed by atoms with Gasteiger partial charge in [0.25, 0.3) is 0 Å². The summed E-state index contributed by atoms with van der Waals surface area (Å²) in [5.41, 5.74) is 2.52. The van der Waals surface area contributed by atoms with Crippen LogP contribution in [0.4, 0.5) is 23.1 Å². The summed E-state index contributed by atoms with van der Waals surface area (Å²) in [6.45, 7) is 5.27. The molecule has 0 saturated carbocycles. The SMILES string of the molecule is COc1ccc(Nc2ncc(N(C)C)c(NC[C@@H]3CCCN4CCCC[C@H]34)n2)cc1-n1nnnc1C. The van der Waals surface area contributed by atoms with E-state index in [0.29, 0.717) is 29.5 Å². The number of ether oxygens (including phenoxy) is 1. The molecule has 2 saturated heterocycles. The molecule has 0 spiro atoms. The summed E-state index contributed by atoms with van der Waals surface area (Å²) in [4.78, 5) is 14.2. The molecule has 2 N–H and O–H groups in total. The number of aromatic nitrogens is 6. The van der Waals surface area contributed by atoms with Gasteiger partial charge in [0, 0.05) is 32.4 Å². The first-order valence-corrected chi connectivity index (χ1v) is 12.8. The Kier molecular flexibility index (Phi) is 7.17. The van der Waals surface area contributed by atoms with E-state index in [2.05, 4.69) is 36.0 Å². The number of aryl methyl sites for hydroxylation is 1. The molecule has 1 aromatic carbocycles. The Balaban J connectivity index is 1.35. The van der Waals surface area contributed by atoms with Crippen molar-refractivity contribution in [3.05, 3.63) is 30.2 Å². The van der Waals surface area contributed by atoms with Crippen molar-refractivity contribution in [3.8, 4) is 11.4 Å². The van der Waals surface area contributed by atoms with E-state index in [4.69, 9.17) is 9.72 Å². The van der Waals surface area contributed by atoms with Gasteiger partial charge in [0.15, 0.2) is 11.6 Å². The third-order valence-corrected chi connectivity index (χ3v) is 7.30. The zero-order valence-electron chi connectivity index (χ0n) is 21.6. The Hall–Kier alpha value is -3.47. The topological polar surface area (TPSA) is 109 Å². The molecule has 2 atom stereocenters. The summed E-state index contributed by atoms with van der Waals surface area (Å²) >= 11 is 0. The number of benzene rings is 1. The highest BCUT2D eigenvalue weighted by Crippen LogP contribution is 2.32. The molecule has 5 rings (SSSR count). The fraction of sp³-hybridized carbons (Fsp3) is 0.560. The maximum Gasteiger partial charge on any atom is 0.229 e. The summed E-state index contributed by atoms with van der Waals surface area (Å²) in [5.74, 6) is 3.35. The lowest BCUT2D eigenvalue weighted by molar-refractivity contribution is 0.0649. The van der Waals surface area contributed by atoms with Crippen molar-refractivity contribution in [1.82, 2.24) is 35.1 Å². The fourth-order valence-corrected chi connectivity index (χ4v) is 5.45. The third kappa shape index (κ3) is 5.06. The highest BCUT2D eigenvalue weighted by atomic mass is 16.5. The molecule has 0 aliphatic carbocycles. The van der Waals surface area contributed by atoms with E-state index >= 15 is 0 Å². The molecule has 0 unspecified atom stereocenters. The second kappa shape index (κ2) is 10.7. The van der Waals surface area contributed by atoms with Gasteiger partial charge >= 0.3 is 0 Å². The standard InChI is InChI=1S/C25H36N10O/c1-17-30-31-32-35(17)21-14-19(10-11-23(21)36-4)28-25-27-16-22(33(2)3)24(29-25)26-15-18-8-7-13-34-12-6-5-9-20(18)34/h10-11,14,16,18,20H,5-9,12-13,15H2,1-4H3,(H2,26,27,28,29)/t18-,20+/m0/s1. The second-order valence-electron chi connectivity index (χ2n) is 9.85. The molecular weight excluding hydrogens is 456 g/mol. The Morgan fingerprint density at radius 2 is 2.00 bits per heavy atom. The molecule has 2 aliphatic rings. The van der Waals surface area contributed by atoms with Crippen LogP contribution >= 0.6 is 0 Å². The van der Waals surface area contributed by atoms with Crippen molar-refractivity contribution in [2.45, 2.75) is 45.1 Å². The zero-order chi connectivity index (χ0) is 25.1. The number of anilines is 4. The first-order valence-electron chi connectivity index (χ1n) is 12.8. The Labute approximate surface area is 212 Å². The molecule has 0 bridgehead atoms. The van der Waals surface area contributed by atoms with Crippen LogP contribution in [0.2, 0.25) is 0 Å². The lowest BCUT2D eigenvalue weighted by atomic mass is 9.83. The van der Waals surface area contributed by atoms with E-state index in [0.717, 1.165) is 29.4 Å².